The zero-order valence-electron chi connectivity index (χ0n) is 11.7. The van der Waals surface area contributed by atoms with Crippen molar-refractivity contribution in [2.24, 2.45) is 0 Å². The number of carbonyl (C=O) groups excluding carboxylic acids is 2. The van der Waals surface area contributed by atoms with E-state index < -0.39 is 10.8 Å². The Morgan fingerprint density at radius 2 is 2.05 bits per heavy atom. The zero-order valence-corrected chi connectivity index (χ0v) is 13.3. The van der Waals surface area contributed by atoms with Crippen molar-refractivity contribution in [1.29, 1.82) is 0 Å². The van der Waals surface area contributed by atoms with Gasteiger partial charge in [0.05, 0.1) is 10.5 Å². The number of halogens is 1. The molecule has 1 aromatic rings. The minimum Gasteiger partial charge on any atom is -0.354 e. The number of amides is 2. The van der Waals surface area contributed by atoms with Crippen LogP contribution in [0.15, 0.2) is 22.7 Å². The molecule has 0 radical (unpaired) electrons. The van der Waals surface area contributed by atoms with Gasteiger partial charge < -0.3 is 10.6 Å². The summed E-state index contributed by atoms with van der Waals surface area (Å²) in [4.78, 5) is 33.5. The molecule has 0 atom stereocenters. The summed E-state index contributed by atoms with van der Waals surface area (Å²) < 4.78 is 0.456. The molecule has 0 saturated heterocycles. The lowest BCUT2D eigenvalue weighted by atomic mass is 10.2. The third-order valence-corrected chi connectivity index (χ3v) is 3.18. The number of hydrogen-bond acceptors (Lipinski definition) is 4. The highest BCUT2D eigenvalue weighted by Gasteiger charge is 2.15. The first-order valence-electron chi connectivity index (χ1n) is 6.32. The molecular weight excluding hydrogens is 342 g/mol. The summed E-state index contributed by atoms with van der Waals surface area (Å²) in [5, 5.41) is 16.0. The smallest absolute Gasteiger partial charge is 0.270 e. The number of nitro benzene ring substituents is 1. The van der Waals surface area contributed by atoms with Crippen molar-refractivity contribution >= 4 is 33.4 Å². The lowest BCUT2D eigenvalue weighted by Crippen LogP contribution is -2.34. The van der Waals surface area contributed by atoms with Crippen LogP contribution < -0.4 is 10.6 Å². The summed E-state index contributed by atoms with van der Waals surface area (Å²) in [5.74, 6) is -0.633. The van der Waals surface area contributed by atoms with Crippen molar-refractivity contribution in [1.82, 2.24) is 10.6 Å². The van der Waals surface area contributed by atoms with Crippen LogP contribution in [0.4, 0.5) is 5.69 Å². The molecule has 0 aliphatic carbocycles. The molecule has 0 bridgehead atoms. The van der Waals surface area contributed by atoms with Gasteiger partial charge >= 0.3 is 0 Å². The Balaban J connectivity index is 2.62. The summed E-state index contributed by atoms with van der Waals surface area (Å²) in [6, 6.07) is 3.97. The SMILES string of the molecule is CC(C)NC(=O)CCNC(=O)c1cc([N+](=O)[O-])ccc1Br. The van der Waals surface area contributed by atoms with Crippen LogP contribution in [0, 0.1) is 10.1 Å². The maximum absolute atomic E-state index is 11.9. The Morgan fingerprint density at radius 3 is 2.62 bits per heavy atom. The van der Waals surface area contributed by atoms with E-state index in [1.54, 1.807) is 0 Å². The van der Waals surface area contributed by atoms with Crippen LogP contribution in [0.1, 0.15) is 30.6 Å². The summed E-state index contributed by atoms with van der Waals surface area (Å²) >= 11 is 3.17. The van der Waals surface area contributed by atoms with Gasteiger partial charge in [-0.05, 0) is 35.8 Å². The van der Waals surface area contributed by atoms with E-state index in [4.69, 9.17) is 0 Å². The van der Waals surface area contributed by atoms with Gasteiger partial charge in [0.1, 0.15) is 0 Å². The molecule has 21 heavy (non-hydrogen) atoms. The van der Waals surface area contributed by atoms with E-state index in [0.29, 0.717) is 4.47 Å². The number of rotatable bonds is 6. The minimum atomic E-state index is -0.570. The van der Waals surface area contributed by atoms with Crippen LogP contribution in [-0.2, 0) is 4.79 Å². The molecule has 0 spiro atoms. The lowest BCUT2D eigenvalue weighted by molar-refractivity contribution is -0.384. The van der Waals surface area contributed by atoms with Gasteiger partial charge in [0.15, 0.2) is 0 Å². The van der Waals surface area contributed by atoms with Gasteiger partial charge in [0.2, 0.25) is 5.91 Å². The molecule has 7 nitrogen and oxygen atoms in total. The molecule has 8 heteroatoms. The number of nitrogens with zero attached hydrogens (tertiary/aromatic N) is 1. The summed E-state index contributed by atoms with van der Waals surface area (Å²) in [5.41, 5.74) is -0.00521. The predicted octanol–water partition coefficient (Wildman–Crippen LogP) is 2.00. The quantitative estimate of drug-likeness (QED) is 0.600. The fraction of sp³-hybridized carbons (Fsp3) is 0.385. The number of nitro groups is 1. The number of hydrogen-bond donors (Lipinski definition) is 2. The van der Waals surface area contributed by atoms with Gasteiger partial charge in [0, 0.05) is 35.6 Å². The van der Waals surface area contributed by atoms with Crippen molar-refractivity contribution in [2.45, 2.75) is 26.3 Å². The van der Waals surface area contributed by atoms with E-state index in [0.717, 1.165) is 0 Å². The molecular formula is C13H16BrN3O4. The van der Waals surface area contributed by atoms with E-state index in [-0.39, 0.29) is 36.2 Å². The first kappa shape index (κ1) is 17.1. The summed E-state index contributed by atoms with van der Waals surface area (Å²) in [7, 11) is 0. The van der Waals surface area contributed by atoms with Crippen molar-refractivity contribution < 1.29 is 14.5 Å². The van der Waals surface area contributed by atoms with Crippen LogP contribution in [0.2, 0.25) is 0 Å². The fourth-order valence-electron chi connectivity index (χ4n) is 1.58. The Morgan fingerprint density at radius 1 is 1.38 bits per heavy atom. The molecule has 0 heterocycles. The van der Waals surface area contributed by atoms with Gasteiger partial charge in [-0.2, -0.15) is 0 Å². The third-order valence-electron chi connectivity index (χ3n) is 2.49. The Labute approximate surface area is 130 Å². The zero-order chi connectivity index (χ0) is 16.0. The second kappa shape index (κ2) is 7.72. The highest BCUT2D eigenvalue weighted by molar-refractivity contribution is 9.10. The minimum absolute atomic E-state index is 0.0409. The van der Waals surface area contributed by atoms with Gasteiger partial charge in [-0.1, -0.05) is 0 Å². The monoisotopic (exact) mass is 357 g/mol. The second-order valence-corrected chi connectivity index (χ2v) is 5.50. The lowest BCUT2D eigenvalue weighted by Gasteiger charge is -2.09. The molecule has 1 aromatic carbocycles. The molecule has 1 rings (SSSR count). The number of carbonyl (C=O) groups is 2. The van der Waals surface area contributed by atoms with E-state index in [1.807, 2.05) is 13.8 Å². The van der Waals surface area contributed by atoms with E-state index in [9.17, 15) is 19.7 Å². The Hall–Kier alpha value is -1.96. The second-order valence-electron chi connectivity index (χ2n) is 4.65. The first-order chi connectivity index (χ1) is 9.81. The van der Waals surface area contributed by atoms with Crippen LogP contribution in [0.25, 0.3) is 0 Å². The normalized spacial score (nSPS) is 10.3. The molecule has 2 amide bonds. The first-order valence-corrected chi connectivity index (χ1v) is 7.12. The highest BCUT2D eigenvalue weighted by atomic mass is 79.9. The van der Waals surface area contributed by atoms with Gasteiger partial charge in [0.25, 0.3) is 11.6 Å². The number of benzene rings is 1. The van der Waals surface area contributed by atoms with Crippen molar-refractivity contribution in [3.63, 3.8) is 0 Å². The Bertz CT molecular complexity index is 560. The topological polar surface area (TPSA) is 101 Å². The van der Waals surface area contributed by atoms with Crippen molar-refractivity contribution in [3.05, 3.63) is 38.3 Å². The summed E-state index contributed by atoms with van der Waals surface area (Å²) in [6.45, 7) is 3.85. The largest absolute Gasteiger partial charge is 0.354 e. The number of nitrogens with one attached hydrogen (secondary N) is 2. The molecule has 0 fully saturated rings. The average molecular weight is 358 g/mol. The maximum atomic E-state index is 11.9. The van der Waals surface area contributed by atoms with Crippen LogP contribution >= 0.6 is 15.9 Å². The van der Waals surface area contributed by atoms with E-state index in [2.05, 4.69) is 26.6 Å². The Kier molecular flexibility index (Phi) is 6.29. The van der Waals surface area contributed by atoms with Crippen LogP contribution in [-0.4, -0.2) is 29.3 Å². The van der Waals surface area contributed by atoms with Crippen molar-refractivity contribution in [2.75, 3.05) is 6.54 Å². The molecule has 0 aliphatic heterocycles. The molecule has 0 unspecified atom stereocenters. The summed E-state index contributed by atoms with van der Waals surface area (Å²) in [6.07, 6.45) is 0.149. The maximum Gasteiger partial charge on any atom is 0.270 e. The molecule has 0 aliphatic rings. The van der Waals surface area contributed by atoms with Crippen LogP contribution in [0.5, 0.6) is 0 Å². The van der Waals surface area contributed by atoms with E-state index >= 15 is 0 Å². The molecule has 114 valence electrons. The van der Waals surface area contributed by atoms with Gasteiger partial charge in [-0.15, -0.1) is 0 Å². The van der Waals surface area contributed by atoms with E-state index in [1.165, 1.54) is 18.2 Å². The van der Waals surface area contributed by atoms with Crippen LogP contribution in [0.3, 0.4) is 0 Å². The standard InChI is InChI=1S/C13H16BrN3O4/c1-8(2)16-12(18)5-6-15-13(19)10-7-9(17(20)21)3-4-11(10)14/h3-4,7-8H,5-6H2,1-2H3,(H,15,19)(H,16,18). The molecule has 0 aromatic heterocycles. The van der Waals surface area contributed by atoms with Gasteiger partial charge in [-0.3, -0.25) is 19.7 Å². The molecule has 2 N–H and O–H groups in total. The number of non-ortho nitro benzene ring substituents is 1. The predicted molar refractivity (Wildman–Crippen MR) is 81.0 cm³/mol. The third kappa shape index (κ3) is 5.50. The molecule has 0 saturated carbocycles. The highest BCUT2D eigenvalue weighted by Crippen LogP contribution is 2.22. The average Bonchev–Trinajstić information content (AvgIpc) is 2.37. The fourth-order valence-corrected chi connectivity index (χ4v) is 2.01. The van der Waals surface area contributed by atoms with Crippen molar-refractivity contribution in [3.8, 4) is 0 Å². The van der Waals surface area contributed by atoms with Gasteiger partial charge in [-0.25, -0.2) is 0 Å².